The summed E-state index contributed by atoms with van der Waals surface area (Å²) in [5, 5.41) is 20.9. The Morgan fingerprint density at radius 2 is 1.79 bits per heavy atom. The first kappa shape index (κ1) is 25.5. The molecule has 10 nitrogen and oxygen atoms in total. The molecule has 10 heteroatoms. The fraction of sp³-hybridized carbons (Fsp3) is 0.207. The molecule has 1 aliphatic heterocycles. The second-order valence-corrected chi connectivity index (χ2v) is 9.40. The summed E-state index contributed by atoms with van der Waals surface area (Å²) in [6.45, 7) is 4.04. The average molecular weight is 519 g/mol. The molecule has 5 rings (SSSR count). The molecule has 0 radical (unpaired) electrons. The largest absolute Gasteiger partial charge is 0.346 e. The number of aromatic nitrogens is 4. The molecular weight excluding hydrogens is 492 g/mol. The summed E-state index contributed by atoms with van der Waals surface area (Å²) in [4.78, 5) is 27.2. The van der Waals surface area contributed by atoms with E-state index in [9.17, 15) is 10.1 Å². The standard InChI is InChI=1S/C29H26N8O2/c1-29(2,20-30)36-19-25(18-33-36)34-27-31-16-22(17-32-27)12-11-21-7-6-10-24(15-21)35-28(38)37-26(13-14-39-37)23-8-4-3-5-9-23/h3-10,15-19,26H,13-14H2,1-2H3,(H,35,38)(H,31,32,34)/t26-/m0/s1. The lowest BCUT2D eigenvalue weighted by Gasteiger charge is -2.23. The van der Waals surface area contributed by atoms with Crippen LogP contribution in [0.25, 0.3) is 0 Å². The van der Waals surface area contributed by atoms with Gasteiger partial charge in [-0.25, -0.2) is 14.8 Å². The van der Waals surface area contributed by atoms with Gasteiger partial charge in [-0.05, 0) is 37.6 Å². The summed E-state index contributed by atoms with van der Waals surface area (Å²) < 4.78 is 1.57. The minimum Gasteiger partial charge on any atom is -0.321 e. The first-order valence-corrected chi connectivity index (χ1v) is 12.4. The molecule has 1 fully saturated rings. The van der Waals surface area contributed by atoms with Crippen LogP contribution in [0.2, 0.25) is 0 Å². The summed E-state index contributed by atoms with van der Waals surface area (Å²) in [5.74, 6) is 6.52. The number of anilines is 3. The molecule has 2 N–H and O–H groups in total. The number of hydroxylamine groups is 2. The second kappa shape index (κ2) is 11.1. The van der Waals surface area contributed by atoms with Gasteiger partial charge in [-0.3, -0.25) is 9.52 Å². The van der Waals surface area contributed by atoms with E-state index in [0.29, 0.717) is 29.5 Å². The zero-order chi connectivity index (χ0) is 27.2. The maximum atomic E-state index is 12.9. The fourth-order valence-electron chi connectivity index (χ4n) is 3.98. The van der Waals surface area contributed by atoms with Gasteiger partial charge in [-0.15, -0.1) is 0 Å². The number of rotatable bonds is 5. The summed E-state index contributed by atoms with van der Waals surface area (Å²) in [6, 6.07) is 18.9. The first-order chi connectivity index (χ1) is 18.9. The van der Waals surface area contributed by atoms with Crippen LogP contribution in [0.1, 0.15) is 43.0 Å². The number of nitrogens with one attached hydrogen (secondary N) is 2. The molecule has 39 heavy (non-hydrogen) atoms. The predicted molar refractivity (Wildman–Crippen MR) is 146 cm³/mol. The van der Waals surface area contributed by atoms with Crippen molar-refractivity contribution in [3.05, 3.63) is 96.1 Å². The van der Waals surface area contributed by atoms with E-state index in [1.54, 1.807) is 55.4 Å². The van der Waals surface area contributed by atoms with E-state index in [-0.39, 0.29) is 12.1 Å². The zero-order valence-electron chi connectivity index (χ0n) is 21.5. The monoisotopic (exact) mass is 518 g/mol. The van der Waals surface area contributed by atoms with Gasteiger partial charge in [0.1, 0.15) is 5.54 Å². The van der Waals surface area contributed by atoms with E-state index >= 15 is 0 Å². The van der Waals surface area contributed by atoms with Crippen molar-refractivity contribution < 1.29 is 9.63 Å². The van der Waals surface area contributed by atoms with Crippen LogP contribution in [0.5, 0.6) is 0 Å². The number of nitrogens with zero attached hydrogens (tertiary/aromatic N) is 6. The van der Waals surface area contributed by atoms with Crippen LogP contribution in [0.3, 0.4) is 0 Å². The Morgan fingerprint density at radius 1 is 1.03 bits per heavy atom. The van der Waals surface area contributed by atoms with Crippen molar-refractivity contribution in [3.63, 3.8) is 0 Å². The molecule has 1 atom stereocenters. The van der Waals surface area contributed by atoms with Gasteiger partial charge in [0.25, 0.3) is 0 Å². The third-order valence-electron chi connectivity index (χ3n) is 6.09. The number of hydrogen-bond donors (Lipinski definition) is 2. The van der Waals surface area contributed by atoms with Crippen LogP contribution in [-0.4, -0.2) is 37.4 Å². The Balaban J connectivity index is 1.21. The topological polar surface area (TPSA) is 121 Å². The van der Waals surface area contributed by atoms with Crippen LogP contribution in [0.15, 0.2) is 79.4 Å². The van der Waals surface area contributed by atoms with Gasteiger partial charge in [-0.1, -0.05) is 48.2 Å². The van der Waals surface area contributed by atoms with Gasteiger partial charge in [-0.2, -0.15) is 15.4 Å². The van der Waals surface area contributed by atoms with Crippen LogP contribution in [0, 0.1) is 23.2 Å². The normalized spacial score (nSPS) is 14.7. The van der Waals surface area contributed by atoms with Crippen molar-refractivity contribution in [2.45, 2.75) is 31.8 Å². The molecule has 0 unspecified atom stereocenters. The lowest BCUT2D eigenvalue weighted by molar-refractivity contribution is -0.0829. The molecule has 0 spiro atoms. The molecule has 4 aromatic rings. The molecular formula is C29H26N8O2. The lowest BCUT2D eigenvalue weighted by atomic mass is 10.1. The van der Waals surface area contributed by atoms with E-state index in [4.69, 9.17) is 4.84 Å². The highest BCUT2D eigenvalue weighted by molar-refractivity contribution is 5.89. The Bertz CT molecular complexity index is 1560. The molecule has 3 heterocycles. The van der Waals surface area contributed by atoms with Crippen molar-refractivity contribution in [2.24, 2.45) is 0 Å². The van der Waals surface area contributed by atoms with Crippen LogP contribution in [-0.2, 0) is 10.4 Å². The number of carbonyl (C=O) groups excluding carboxylic acids is 1. The van der Waals surface area contributed by atoms with Crippen LogP contribution < -0.4 is 10.6 Å². The highest BCUT2D eigenvalue weighted by Crippen LogP contribution is 2.30. The van der Waals surface area contributed by atoms with Gasteiger partial charge in [0.05, 0.1) is 42.4 Å². The van der Waals surface area contributed by atoms with Crippen LogP contribution >= 0.6 is 0 Å². The third kappa shape index (κ3) is 6.04. The third-order valence-corrected chi connectivity index (χ3v) is 6.09. The van der Waals surface area contributed by atoms with E-state index < -0.39 is 5.54 Å². The van der Waals surface area contributed by atoms with E-state index in [2.05, 4.69) is 43.6 Å². The Labute approximate surface area is 226 Å². The van der Waals surface area contributed by atoms with Gasteiger partial charge in [0.2, 0.25) is 5.95 Å². The number of benzene rings is 2. The number of amides is 2. The minimum atomic E-state index is -0.757. The SMILES string of the molecule is CC(C)(C#N)n1cc(Nc2ncc(C#Cc3cccc(NC(=O)N4OCC[C@H]4c4ccccc4)c3)cn2)cn1. The fourth-order valence-corrected chi connectivity index (χ4v) is 3.98. The van der Waals surface area contributed by atoms with Gasteiger partial charge in [0, 0.05) is 30.1 Å². The Kier molecular flexibility index (Phi) is 7.21. The molecule has 1 saturated heterocycles. The first-order valence-electron chi connectivity index (χ1n) is 12.4. The van der Waals surface area contributed by atoms with Crippen molar-refractivity contribution in [3.8, 4) is 17.9 Å². The molecule has 0 bridgehead atoms. The predicted octanol–water partition coefficient (Wildman–Crippen LogP) is 4.99. The van der Waals surface area contributed by atoms with Crippen molar-refractivity contribution in [1.29, 1.82) is 5.26 Å². The smallest absolute Gasteiger partial charge is 0.321 e. The minimum absolute atomic E-state index is 0.132. The highest BCUT2D eigenvalue weighted by atomic mass is 16.7. The molecule has 1 aliphatic rings. The molecule has 2 aromatic heterocycles. The molecule has 0 saturated carbocycles. The maximum absolute atomic E-state index is 12.9. The number of nitriles is 1. The quantitative estimate of drug-likeness (QED) is 0.357. The molecule has 2 amide bonds. The van der Waals surface area contributed by atoms with Gasteiger partial charge < -0.3 is 10.6 Å². The van der Waals surface area contributed by atoms with Crippen LogP contribution in [0.4, 0.5) is 22.1 Å². The molecule has 0 aliphatic carbocycles. The average Bonchev–Trinajstić information content (AvgIpc) is 3.64. The summed E-state index contributed by atoms with van der Waals surface area (Å²) >= 11 is 0. The second-order valence-electron chi connectivity index (χ2n) is 9.40. The number of hydrogen-bond acceptors (Lipinski definition) is 7. The van der Waals surface area contributed by atoms with Gasteiger partial charge in [0.15, 0.2) is 0 Å². The number of carbonyl (C=O) groups is 1. The van der Waals surface area contributed by atoms with Gasteiger partial charge >= 0.3 is 6.03 Å². The highest BCUT2D eigenvalue weighted by Gasteiger charge is 2.31. The summed E-state index contributed by atoms with van der Waals surface area (Å²) in [7, 11) is 0. The maximum Gasteiger partial charge on any atom is 0.346 e. The Morgan fingerprint density at radius 3 is 2.56 bits per heavy atom. The molecule has 194 valence electrons. The van der Waals surface area contributed by atoms with E-state index in [0.717, 1.165) is 17.5 Å². The van der Waals surface area contributed by atoms with Crippen molar-refractivity contribution in [1.82, 2.24) is 24.8 Å². The van der Waals surface area contributed by atoms with E-state index in [1.807, 2.05) is 42.5 Å². The van der Waals surface area contributed by atoms with Crippen molar-refractivity contribution in [2.75, 3.05) is 17.2 Å². The summed E-state index contributed by atoms with van der Waals surface area (Å²) in [6.07, 6.45) is 7.31. The molecule has 2 aromatic carbocycles. The Hall–Kier alpha value is -5.19. The lowest BCUT2D eigenvalue weighted by Crippen LogP contribution is -2.33. The van der Waals surface area contributed by atoms with Crippen molar-refractivity contribution >= 4 is 23.4 Å². The van der Waals surface area contributed by atoms with E-state index in [1.165, 1.54) is 5.06 Å². The number of urea groups is 1. The zero-order valence-corrected chi connectivity index (χ0v) is 21.5. The summed E-state index contributed by atoms with van der Waals surface area (Å²) in [5.41, 5.74) is 2.92.